The number of aromatic nitrogens is 3. The van der Waals surface area contributed by atoms with Crippen LogP contribution in [0.5, 0.6) is 5.88 Å². The SMILES string of the molecule is CC(C)C(N)Oc1ccc2ncc(-c3cc4ccccc4o3)n2n1. The van der Waals surface area contributed by atoms with Gasteiger partial charge in [0.25, 0.3) is 0 Å². The monoisotopic (exact) mass is 322 g/mol. The molecule has 0 fully saturated rings. The van der Waals surface area contributed by atoms with Gasteiger partial charge in [-0.1, -0.05) is 32.0 Å². The quantitative estimate of drug-likeness (QED) is 0.582. The molecule has 0 bridgehead atoms. The van der Waals surface area contributed by atoms with Gasteiger partial charge in [0.1, 0.15) is 11.3 Å². The van der Waals surface area contributed by atoms with Gasteiger partial charge >= 0.3 is 0 Å². The number of fused-ring (bicyclic) bond motifs is 2. The molecule has 24 heavy (non-hydrogen) atoms. The summed E-state index contributed by atoms with van der Waals surface area (Å²) in [6, 6.07) is 13.5. The highest BCUT2D eigenvalue weighted by atomic mass is 16.5. The molecule has 0 aliphatic rings. The third-order valence-electron chi connectivity index (χ3n) is 3.93. The van der Waals surface area contributed by atoms with Crippen molar-refractivity contribution >= 4 is 16.6 Å². The number of hydrogen-bond donors (Lipinski definition) is 1. The van der Waals surface area contributed by atoms with Crippen LogP contribution < -0.4 is 10.5 Å². The Hall–Kier alpha value is -2.86. The molecule has 3 aromatic heterocycles. The first-order valence-corrected chi connectivity index (χ1v) is 7.88. The van der Waals surface area contributed by atoms with Crippen LogP contribution in [-0.4, -0.2) is 20.8 Å². The largest absolute Gasteiger partial charge is 0.457 e. The number of rotatable bonds is 4. The van der Waals surface area contributed by atoms with E-state index < -0.39 is 6.23 Å². The van der Waals surface area contributed by atoms with Crippen LogP contribution in [0.25, 0.3) is 28.1 Å². The Labute approximate surface area is 138 Å². The molecule has 0 saturated heterocycles. The smallest absolute Gasteiger partial charge is 0.233 e. The predicted molar refractivity (Wildman–Crippen MR) is 91.6 cm³/mol. The van der Waals surface area contributed by atoms with Crippen molar-refractivity contribution < 1.29 is 9.15 Å². The number of nitrogens with two attached hydrogens (primary N) is 1. The molecule has 2 N–H and O–H groups in total. The van der Waals surface area contributed by atoms with E-state index in [0.29, 0.717) is 11.6 Å². The van der Waals surface area contributed by atoms with Crippen LogP contribution in [-0.2, 0) is 0 Å². The van der Waals surface area contributed by atoms with Gasteiger partial charge in [-0.3, -0.25) is 5.73 Å². The molecule has 4 rings (SSSR count). The van der Waals surface area contributed by atoms with Gasteiger partial charge in [-0.05, 0) is 18.2 Å². The first-order chi connectivity index (χ1) is 11.6. The summed E-state index contributed by atoms with van der Waals surface area (Å²) in [4.78, 5) is 4.37. The molecule has 0 aliphatic carbocycles. The van der Waals surface area contributed by atoms with Crippen LogP contribution in [0.4, 0.5) is 0 Å². The van der Waals surface area contributed by atoms with Gasteiger partial charge in [-0.25, -0.2) is 9.50 Å². The predicted octanol–water partition coefficient (Wildman–Crippen LogP) is 3.46. The minimum Gasteiger partial charge on any atom is -0.457 e. The summed E-state index contributed by atoms with van der Waals surface area (Å²) in [7, 11) is 0. The summed E-state index contributed by atoms with van der Waals surface area (Å²) in [6.45, 7) is 4.00. The van der Waals surface area contributed by atoms with Gasteiger partial charge in [0.05, 0.1) is 6.20 Å². The van der Waals surface area contributed by atoms with E-state index in [1.807, 2.05) is 50.2 Å². The Morgan fingerprint density at radius 3 is 2.79 bits per heavy atom. The first kappa shape index (κ1) is 14.7. The molecule has 0 spiro atoms. The molecule has 4 aromatic rings. The maximum atomic E-state index is 5.96. The van der Waals surface area contributed by atoms with Crippen molar-refractivity contribution in [2.24, 2.45) is 11.7 Å². The molecular formula is C18H18N4O2. The Kier molecular flexibility index (Phi) is 3.46. The van der Waals surface area contributed by atoms with Crippen molar-refractivity contribution in [1.82, 2.24) is 14.6 Å². The number of hydrogen-bond acceptors (Lipinski definition) is 5. The van der Waals surface area contributed by atoms with E-state index in [9.17, 15) is 0 Å². The summed E-state index contributed by atoms with van der Waals surface area (Å²) in [5.74, 6) is 1.36. The Morgan fingerprint density at radius 1 is 1.17 bits per heavy atom. The number of imidazole rings is 1. The maximum absolute atomic E-state index is 5.96. The number of furan rings is 1. The number of ether oxygens (including phenoxy) is 1. The molecule has 0 aliphatic heterocycles. The summed E-state index contributed by atoms with van der Waals surface area (Å²) < 4.78 is 13.3. The highest BCUT2D eigenvalue weighted by Gasteiger charge is 2.15. The minimum atomic E-state index is -0.409. The molecule has 3 heterocycles. The Morgan fingerprint density at radius 2 is 2.00 bits per heavy atom. The van der Waals surface area contributed by atoms with Crippen LogP contribution in [0.1, 0.15) is 13.8 Å². The van der Waals surface area contributed by atoms with E-state index >= 15 is 0 Å². The first-order valence-electron chi connectivity index (χ1n) is 7.88. The normalized spacial score (nSPS) is 13.0. The number of nitrogens with zero attached hydrogens (tertiary/aromatic N) is 3. The molecule has 6 heteroatoms. The molecule has 0 amide bonds. The lowest BCUT2D eigenvalue weighted by Crippen LogP contribution is -2.33. The van der Waals surface area contributed by atoms with Gasteiger partial charge in [-0.15, -0.1) is 5.10 Å². The highest BCUT2D eigenvalue weighted by Crippen LogP contribution is 2.28. The standard InChI is InChI=1S/C18H18N4O2/c1-11(2)18(19)24-17-8-7-16-20-10-13(22(16)21-17)15-9-12-5-3-4-6-14(12)23-15/h3-11,18H,19H2,1-2H3. The molecule has 0 saturated carbocycles. The fourth-order valence-corrected chi connectivity index (χ4v) is 2.47. The number of para-hydroxylation sites is 1. The minimum absolute atomic E-state index is 0.195. The lowest BCUT2D eigenvalue weighted by molar-refractivity contribution is 0.149. The topological polar surface area (TPSA) is 78.6 Å². The third kappa shape index (κ3) is 2.51. The fraction of sp³-hybridized carbons (Fsp3) is 0.222. The number of benzene rings is 1. The third-order valence-corrected chi connectivity index (χ3v) is 3.93. The summed E-state index contributed by atoms with van der Waals surface area (Å²) in [5, 5.41) is 5.53. The van der Waals surface area contributed by atoms with Crippen LogP contribution in [0.2, 0.25) is 0 Å². The second-order valence-electron chi connectivity index (χ2n) is 6.06. The molecule has 122 valence electrons. The van der Waals surface area contributed by atoms with Crippen molar-refractivity contribution in [3.63, 3.8) is 0 Å². The maximum Gasteiger partial charge on any atom is 0.233 e. The van der Waals surface area contributed by atoms with E-state index in [0.717, 1.165) is 22.3 Å². The zero-order valence-corrected chi connectivity index (χ0v) is 13.5. The van der Waals surface area contributed by atoms with Crippen molar-refractivity contribution in [2.45, 2.75) is 20.1 Å². The van der Waals surface area contributed by atoms with E-state index in [1.165, 1.54) is 0 Å². The molecule has 0 radical (unpaired) electrons. The van der Waals surface area contributed by atoms with Gasteiger partial charge < -0.3 is 9.15 Å². The zero-order valence-electron chi connectivity index (χ0n) is 13.5. The lowest BCUT2D eigenvalue weighted by Gasteiger charge is -2.16. The van der Waals surface area contributed by atoms with E-state index in [1.54, 1.807) is 16.8 Å². The zero-order chi connectivity index (χ0) is 16.7. The van der Waals surface area contributed by atoms with E-state index in [-0.39, 0.29) is 5.92 Å². The van der Waals surface area contributed by atoms with Gasteiger partial charge in [0.2, 0.25) is 5.88 Å². The van der Waals surface area contributed by atoms with Gasteiger partial charge in [0.15, 0.2) is 17.6 Å². The molecular weight excluding hydrogens is 304 g/mol. The van der Waals surface area contributed by atoms with Crippen molar-refractivity contribution in [3.05, 3.63) is 48.7 Å². The van der Waals surface area contributed by atoms with Gasteiger partial charge in [-0.2, -0.15) is 0 Å². The average Bonchev–Trinajstić information content (AvgIpc) is 3.17. The van der Waals surface area contributed by atoms with Crippen LogP contribution >= 0.6 is 0 Å². The van der Waals surface area contributed by atoms with Crippen LogP contribution in [0, 0.1) is 5.92 Å². The average molecular weight is 322 g/mol. The second-order valence-corrected chi connectivity index (χ2v) is 6.06. The summed E-state index contributed by atoms with van der Waals surface area (Å²) in [6.07, 6.45) is 1.33. The highest BCUT2D eigenvalue weighted by molar-refractivity contribution is 5.82. The van der Waals surface area contributed by atoms with Gasteiger partial charge in [0, 0.05) is 17.4 Å². The Balaban J connectivity index is 1.78. The van der Waals surface area contributed by atoms with Crippen molar-refractivity contribution in [2.75, 3.05) is 0 Å². The molecule has 1 unspecified atom stereocenters. The molecule has 1 aromatic carbocycles. The summed E-state index contributed by atoms with van der Waals surface area (Å²) in [5.41, 5.74) is 8.28. The molecule has 1 atom stereocenters. The lowest BCUT2D eigenvalue weighted by atomic mass is 10.2. The summed E-state index contributed by atoms with van der Waals surface area (Å²) >= 11 is 0. The van der Waals surface area contributed by atoms with Crippen LogP contribution in [0.3, 0.4) is 0 Å². The van der Waals surface area contributed by atoms with Crippen LogP contribution in [0.15, 0.2) is 53.1 Å². The Bertz CT molecular complexity index is 970. The van der Waals surface area contributed by atoms with E-state index in [4.69, 9.17) is 14.9 Å². The fourth-order valence-electron chi connectivity index (χ4n) is 2.47. The second kappa shape index (κ2) is 5.65. The van der Waals surface area contributed by atoms with Crippen molar-refractivity contribution in [1.29, 1.82) is 0 Å². The molecule has 6 nitrogen and oxygen atoms in total. The van der Waals surface area contributed by atoms with Crippen molar-refractivity contribution in [3.8, 4) is 17.3 Å². The van der Waals surface area contributed by atoms with E-state index in [2.05, 4.69) is 10.1 Å².